The molecule has 1 rings (SSSR count). The van der Waals surface area contributed by atoms with Gasteiger partial charge in [-0.05, 0) is 32.6 Å². The topological polar surface area (TPSA) is 70.8 Å². The molecule has 2 N–H and O–H groups in total. The van der Waals surface area contributed by atoms with Gasteiger partial charge < -0.3 is 19.9 Å². The van der Waals surface area contributed by atoms with Crippen molar-refractivity contribution in [2.45, 2.75) is 44.2 Å². The van der Waals surface area contributed by atoms with Crippen LogP contribution in [0.3, 0.4) is 0 Å². The number of ether oxygens (including phenoxy) is 3. The Hall–Kier alpha value is -0.650. The molecule has 0 bridgehead atoms. The minimum atomic E-state index is -0.970. The first-order valence-corrected chi connectivity index (χ1v) is 6.13. The van der Waals surface area contributed by atoms with Crippen molar-refractivity contribution in [3.05, 3.63) is 0 Å². The lowest BCUT2D eigenvalue weighted by molar-refractivity contribution is -0.147. The smallest absolute Gasteiger partial charge is 0.325 e. The summed E-state index contributed by atoms with van der Waals surface area (Å²) in [6, 6.07) is 0. The lowest BCUT2D eigenvalue weighted by Crippen LogP contribution is -2.46. The van der Waals surface area contributed by atoms with Crippen LogP contribution in [0.15, 0.2) is 0 Å². The largest absolute Gasteiger partial charge is 0.468 e. The first-order valence-electron chi connectivity index (χ1n) is 6.13. The second-order valence-electron chi connectivity index (χ2n) is 4.72. The fraction of sp³-hybridized carbons (Fsp3) is 0.917. The van der Waals surface area contributed by atoms with Crippen LogP contribution >= 0.6 is 0 Å². The summed E-state index contributed by atoms with van der Waals surface area (Å²) < 4.78 is 15.6. The molecule has 0 aliphatic carbocycles. The van der Waals surface area contributed by atoms with Gasteiger partial charge in [-0.2, -0.15) is 0 Å². The van der Waals surface area contributed by atoms with E-state index in [1.807, 2.05) is 0 Å². The zero-order chi connectivity index (χ0) is 12.7. The molecule has 1 heterocycles. The highest BCUT2D eigenvalue weighted by Crippen LogP contribution is 2.13. The molecular weight excluding hydrogens is 222 g/mol. The second kappa shape index (κ2) is 6.93. The molecular formula is C12H23NO4. The Morgan fingerprint density at radius 2 is 2.29 bits per heavy atom. The van der Waals surface area contributed by atoms with Gasteiger partial charge in [-0.1, -0.05) is 0 Å². The molecule has 1 fully saturated rings. The van der Waals surface area contributed by atoms with Gasteiger partial charge >= 0.3 is 5.97 Å². The van der Waals surface area contributed by atoms with E-state index >= 15 is 0 Å². The molecule has 0 saturated carbocycles. The van der Waals surface area contributed by atoms with Crippen LogP contribution in [-0.4, -0.2) is 44.5 Å². The lowest BCUT2D eigenvalue weighted by atomic mass is 10.0. The molecule has 1 aliphatic heterocycles. The van der Waals surface area contributed by atoms with E-state index in [4.69, 9.17) is 15.2 Å². The first-order chi connectivity index (χ1) is 8.06. The molecule has 100 valence electrons. The average molecular weight is 245 g/mol. The van der Waals surface area contributed by atoms with Crippen molar-refractivity contribution in [2.24, 2.45) is 5.73 Å². The third-order valence-electron chi connectivity index (χ3n) is 3.00. The maximum absolute atomic E-state index is 11.3. The molecule has 2 unspecified atom stereocenters. The Kier molecular flexibility index (Phi) is 5.88. The summed E-state index contributed by atoms with van der Waals surface area (Å²) in [5.74, 6) is -0.407. The van der Waals surface area contributed by atoms with E-state index in [2.05, 4.69) is 4.74 Å². The van der Waals surface area contributed by atoms with E-state index < -0.39 is 11.5 Å². The Labute approximate surface area is 103 Å². The number of carbonyl (C=O) groups is 1. The molecule has 0 aromatic carbocycles. The van der Waals surface area contributed by atoms with Crippen molar-refractivity contribution < 1.29 is 19.0 Å². The fourth-order valence-corrected chi connectivity index (χ4v) is 1.77. The number of nitrogens with two attached hydrogens (primary N) is 1. The molecule has 0 radical (unpaired) electrons. The summed E-state index contributed by atoms with van der Waals surface area (Å²) in [4.78, 5) is 11.3. The second-order valence-corrected chi connectivity index (χ2v) is 4.72. The van der Waals surface area contributed by atoms with Crippen LogP contribution in [0.2, 0.25) is 0 Å². The van der Waals surface area contributed by atoms with Crippen molar-refractivity contribution in [3.63, 3.8) is 0 Å². The van der Waals surface area contributed by atoms with Crippen LogP contribution in [0.4, 0.5) is 0 Å². The highest BCUT2D eigenvalue weighted by atomic mass is 16.5. The number of hydrogen-bond acceptors (Lipinski definition) is 5. The van der Waals surface area contributed by atoms with E-state index in [1.165, 1.54) is 13.5 Å². The predicted octanol–water partition coefficient (Wildman–Crippen LogP) is 0.853. The van der Waals surface area contributed by atoms with Crippen LogP contribution in [0.25, 0.3) is 0 Å². The summed E-state index contributed by atoms with van der Waals surface area (Å²) in [6.45, 7) is 3.50. The van der Waals surface area contributed by atoms with E-state index in [-0.39, 0.29) is 6.10 Å². The van der Waals surface area contributed by atoms with Crippen molar-refractivity contribution in [2.75, 3.05) is 26.9 Å². The van der Waals surface area contributed by atoms with Crippen molar-refractivity contribution >= 4 is 5.97 Å². The molecule has 2 atom stereocenters. The van der Waals surface area contributed by atoms with Gasteiger partial charge in [0.15, 0.2) is 0 Å². The van der Waals surface area contributed by atoms with E-state index in [0.29, 0.717) is 19.6 Å². The Morgan fingerprint density at radius 3 is 2.88 bits per heavy atom. The lowest BCUT2D eigenvalue weighted by Gasteiger charge is -2.24. The standard InChI is InChI=1S/C12H23NO4/c1-12(13,11(14)15-2)6-8-16-9-10-5-3-4-7-17-10/h10H,3-9,13H2,1-2H3. The van der Waals surface area contributed by atoms with Gasteiger partial charge in [0.1, 0.15) is 5.54 Å². The Morgan fingerprint density at radius 1 is 1.53 bits per heavy atom. The van der Waals surface area contributed by atoms with Crippen LogP contribution in [0, 0.1) is 0 Å². The van der Waals surface area contributed by atoms with Crippen molar-refractivity contribution in [3.8, 4) is 0 Å². The molecule has 5 nitrogen and oxygen atoms in total. The van der Waals surface area contributed by atoms with Gasteiger partial charge in [-0.15, -0.1) is 0 Å². The minimum absolute atomic E-state index is 0.200. The summed E-state index contributed by atoms with van der Waals surface area (Å²) >= 11 is 0. The molecule has 1 aliphatic rings. The van der Waals surface area contributed by atoms with Gasteiger partial charge in [-0.3, -0.25) is 4.79 Å². The van der Waals surface area contributed by atoms with Crippen LogP contribution in [-0.2, 0) is 19.0 Å². The molecule has 0 aromatic heterocycles. The fourth-order valence-electron chi connectivity index (χ4n) is 1.77. The van der Waals surface area contributed by atoms with Crippen molar-refractivity contribution in [1.82, 2.24) is 0 Å². The van der Waals surface area contributed by atoms with Gasteiger partial charge in [-0.25, -0.2) is 0 Å². The molecule has 0 aromatic rings. The normalized spacial score (nSPS) is 24.1. The molecule has 17 heavy (non-hydrogen) atoms. The van der Waals surface area contributed by atoms with Crippen LogP contribution in [0.5, 0.6) is 0 Å². The number of carbonyl (C=O) groups excluding carboxylic acids is 1. The minimum Gasteiger partial charge on any atom is -0.468 e. The molecule has 0 amide bonds. The van der Waals surface area contributed by atoms with Crippen LogP contribution < -0.4 is 5.73 Å². The number of rotatable bonds is 6. The summed E-state index contributed by atoms with van der Waals surface area (Å²) in [5, 5.41) is 0. The quantitative estimate of drug-likeness (QED) is 0.555. The Bertz CT molecular complexity index is 237. The summed E-state index contributed by atoms with van der Waals surface area (Å²) in [7, 11) is 1.34. The van der Waals surface area contributed by atoms with Gasteiger partial charge in [0.05, 0.1) is 19.8 Å². The van der Waals surface area contributed by atoms with E-state index in [9.17, 15) is 4.79 Å². The highest BCUT2D eigenvalue weighted by molar-refractivity contribution is 5.79. The third-order valence-corrected chi connectivity index (χ3v) is 3.00. The van der Waals surface area contributed by atoms with E-state index in [0.717, 1.165) is 19.4 Å². The molecule has 1 saturated heterocycles. The third kappa shape index (κ3) is 5.02. The van der Waals surface area contributed by atoms with Crippen molar-refractivity contribution in [1.29, 1.82) is 0 Å². The number of hydrogen-bond donors (Lipinski definition) is 1. The summed E-state index contributed by atoms with van der Waals surface area (Å²) in [5.41, 5.74) is 4.83. The monoisotopic (exact) mass is 245 g/mol. The first kappa shape index (κ1) is 14.4. The van der Waals surface area contributed by atoms with Gasteiger partial charge in [0, 0.05) is 13.2 Å². The van der Waals surface area contributed by atoms with Gasteiger partial charge in [0.2, 0.25) is 0 Å². The highest BCUT2D eigenvalue weighted by Gasteiger charge is 2.29. The maximum Gasteiger partial charge on any atom is 0.325 e. The SMILES string of the molecule is COC(=O)C(C)(N)CCOCC1CCCCO1. The maximum atomic E-state index is 11.3. The molecule has 0 spiro atoms. The average Bonchev–Trinajstić information content (AvgIpc) is 2.35. The summed E-state index contributed by atoms with van der Waals surface area (Å²) in [6.07, 6.45) is 4.04. The van der Waals surface area contributed by atoms with E-state index in [1.54, 1.807) is 6.92 Å². The molecule has 5 heteroatoms. The Balaban J connectivity index is 2.12. The zero-order valence-corrected chi connectivity index (χ0v) is 10.7. The van der Waals surface area contributed by atoms with Crippen LogP contribution in [0.1, 0.15) is 32.6 Å². The predicted molar refractivity (Wildman–Crippen MR) is 63.6 cm³/mol. The van der Waals surface area contributed by atoms with Gasteiger partial charge in [0.25, 0.3) is 0 Å². The number of esters is 1. The number of methoxy groups -OCH3 is 1. The zero-order valence-electron chi connectivity index (χ0n) is 10.7.